The number of aromatic nitrogens is 1. The van der Waals surface area contributed by atoms with Gasteiger partial charge in [-0.05, 0) is 30.4 Å². The zero-order valence-electron chi connectivity index (χ0n) is 12.0. The van der Waals surface area contributed by atoms with Crippen molar-refractivity contribution in [3.8, 4) is 0 Å². The SMILES string of the molecule is COC(=O)CC1(CSc2ccnc3c(N)cccc23)CC1. The fourth-order valence-corrected chi connectivity index (χ4v) is 3.79. The predicted octanol–water partition coefficient (Wildman–Crippen LogP) is 3.25. The molecule has 1 aromatic carbocycles. The van der Waals surface area contributed by atoms with Gasteiger partial charge in [0.1, 0.15) is 0 Å². The summed E-state index contributed by atoms with van der Waals surface area (Å²) < 4.78 is 4.79. The van der Waals surface area contributed by atoms with Gasteiger partial charge in [0.15, 0.2) is 0 Å². The lowest BCUT2D eigenvalue weighted by Gasteiger charge is -2.14. The van der Waals surface area contributed by atoms with Gasteiger partial charge in [-0.25, -0.2) is 0 Å². The number of fused-ring (bicyclic) bond motifs is 1. The number of ether oxygens (including phenoxy) is 1. The maximum absolute atomic E-state index is 11.5. The highest BCUT2D eigenvalue weighted by molar-refractivity contribution is 7.99. The van der Waals surface area contributed by atoms with E-state index in [9.17, 15) is 4.79 Å². The number of rotatable bonds is 5. The molecule has 5 heteroatoms. The van der Waals surface area contributed by atoms with Crippen LogP contribution in [0.15, 0.2) is 35.4 Å². The van der Waals surface area contributed by atoms with E-state index in [1.54, 1.807) is 18.0 Å². The fourth-order valence-electron chi connectivity index (χ4n) is 2.46. The highest BCUT2D eigenvalue weighted by Crippen LogP contribution is 2.52. The Morgan fingerprint density at radius 3 is 2.95 bits per heavy atom. The van der Waals surface area contributed by atoms with Gasteiger partial charge < -0.3 is 10.5 Å². The molecular weight excluding hydrogens is 284 g/mol. The number of nitrogen functional groups attached to an aromatic ring is 1. The van der Waals surface area contributed by atoms with Gasteiger partial charge in [-0.2, -0.15) is 0 Å². The van der Waals surface area contributed by atoms with E-state index < -0.39 is 0 Å². The number of benzene rings is 1. The topological polar surface area (TPSA) is 65.2 Å². The second-order valence-corrected chi connectivity index (χ2v) is 6.61. The standard InChI is InChI=1S/C16H18N2O2S/c1-20-14(19)9-16(6-7-16)10-21-13-5-8-18-15-11(13)3-2-4-12(15)17/h2-5,8H,6-7,9-10,17H2,1H3. The van der Waals surface area contributed by atoms with Gasteiger partial charge >= 0.3 is 5.97 Å². The van der Waals surface area contributed by atoms with Crippen LogP contribution in [0.3, 0.4) is 0 Å². The summed E-state index contributed by atoms with van der Waals surface area (Å²) in [6.07, 6.45) is 4.50. The second kappa shape index (κ2) is 5.56. The lowest BCUT2D eigenvalue weighted by molar-refractivity contribution is -0.141. The van der Waals surface area contributed by atoms with Crippen molar-refractivity contribution in [1.82, 2.24) is 4.98 Å². The number of anilines is 1. The van der Waals surface area contributed by atoms with E-state index in [1.807, 2.05) is 24.3 Å². The molecule has 0 radical (unpaired) electrons. The first-order valence-corrected chi connectivity index (χ1v) is 7.95. The summed E-state index contributed by atoms with van der Waals surface area (Å²) in [5, 5.41) is 1.08. The molecule has 21 heavy (non-hydrogen) atoms. The first-order valence-electron chi connectivity index (χ1n) is 6.96. The van der Waals surface area contributed by atoms with Crippen LogP contribution < -0.4 is 5.73 Å². The average Bonchev–Trinajstić information content (AvgIpc) is 3.25. The van der Waals surface area contributed by atoms with Crippen LogP contribution >= 0.6 is 11.8 Å². The maximum atomic E-state index is 11.5. The third-order valence-corrected chi connectivity index (χ3v) is 5.42. The van der Waals surface area contributed by atoms with Gasteiger partial charge in [-0.3, -0.25) is 9.78 Å². The highest BCUT2D eigenvalue weighted by atomic mass is 32.2. The smallest absolute Gasteiger partial charge is 0.306 e. The number of carbonyl (C=O) groups excluding carboxylic acids is 1. The Labute approximate surface area is 128 Å². The molecule has 0 unspecified atom stereocenters. The van der Waals surface area contributed by atoms with Crippen molar-refractivity contribution < 1.29 is 9.53 Å². The van der Waals surface area contributed by atoms with Crippen LogP contribution in [-0.4, -0.2) is 23.8 Å². The number of carbonyl (C=O) groups is 1. The number of nitrogens with zero attached hydrogens (tertiary/aromatic N) is 1. The maximum Gasteiger partial charge on any atom is 0.306 e. The van der Waals surface area contributed by atoms with E-state index in [0.717, 1.165) is 29.5 Å². The predicted molar refractivity (Wildman–Crippen MR) is 85.2 cm³/mol. The van der Waals surface area contributed by atoms with Crippen LogP contribution in [0.25, 0.3) is 10.9 Å². The number of nitrogens with two attached hydrogens (primary N) is 1. The van der Waals surface area contributed by atoms with Crippen LogP contribution in [0.4, 0.5) is 5.69 Å². The monoisotopic (exact) mass is 302 g/mol. The largest absolute Gasteiger partial charge is 0.469 e. The van der Waals surface area contributed by atoms with Crippen molar-refractivity contribution in [2.45, 2.75) is 24.2 Å². The Balaban J connectivity index is 1.77. The number of hydrogen-bond donors (Lipinski definition) is 1. The molecule has 0 saturated heterocycles. The third-order valence-electron chi connectivity index (χ3n) is 4.00. The Hall–Kier alpha value is -1.75. The molecule has 1 heterocycles. The molecule has 1 aromatic heterocycles. The molecule has 1 aliphatic rings. The van der Waals surface area contributed by atoms with Crippen molar-refractivity contribution in [3.63, 3.8) is 0 Å². The molecule has 0 aliphatic heterocycles. The molecule has 110 valence electrons. The van der Waals surface area contributed by atoms with E-state index in [1.165, 1.54) is 12.0 Å². The van der Waals surface area contributed by atoms with Crippen LogP contribution in [-0.2, 0) is 9.53 Å². The van der Waals surface area contributed by atoms with Gasteiger partial charge in [0, 0.05) is 22.2 Å². The summed E-state index contributed by atoms with van der Waals surface area (Å²) in [5.41, 5.74) is 7.64. The number of esters is 1. The van der Waals surface area contributed by atoms with Crippen LogP contribution in [0.1, 0.15) is 19.3 Å². The number of hydrogen-bond acceptors (Lipinski definition) is 5. The minimum absolute atomic E-state index is 0.114. The van der Waals surface area contributed by atoms with Crippen molar-refractivity contribution in [2.75, 3.05) is 18.6 Å². The summed E-state index contributed by atoms with van der Waals surface area (Å²) >= 11 is 1.78. The number of para-hydroxylation sites is 1. The summed E-state index contributed by atoms with van der Waals surface area (Å²) in [7, 11) is 1.45. The lowest BCUT2D eigenvalue weighted by atomic mass is 10.1. The minimum atomic E-state index is -0.114. The third kappa shape index (κ3) is 2.97. The zero-order valence-corrected chi connectivity index (χ0v) is 12.8. The molecule has 1 saturated carbocycles. The van der Waals surface area contributed by atoms with Crippen molar-refractivity contribution in [2.24, 2.45) is 5.41 Å². The number of methoxy groups -OCH3 is 1. The molecule has 0 amide bonds. The molecule has 2 aromatic rings. The normalized spacial score (nSPS) is 15.9. The van der Waals surface area contributed by atoms with Gasteiger partial charge in [0.25, 0.3) is 0 Å². The second-order valence-electron chi connectivity index (χ2n) is 5.59. The molecular formula is C16H18N2O2S. The molecule has 0 spiro atoms. The summed E-state index contributed by atoms with van der Waals surface area (Å²) in [6.45, 7) is 0. The Morgan fingerprint density at radius 2 is 2.24 bits per heavy atom. The molecule has 4 nitrogen and oxygen atoms in total. The first-order chi connectivity index (χ1) is 10.1. The van der Waals surface area contributed by atoms with Crippen LogP contribution in [0, 0.1) is 5.41 Å². The van der Waals surface area contributed by atoms with Gasteiger partial charge in [0.05, 0.1) is 24.7 Å². The quantitative estimate of drug-likeness (QED) is 0.522. The summed E-state index contributed by atoms with van der Waals surface area (Å²) in [5.74, 6) is 0.813. The summed E-state index contributed by atoms with van der Waals surface area (Å²) in [4.78, 5) is 17.0. The van der Waals surface area contributed by atoms with E-state index in [2.05, 4.69) is 4.98 Å². The van der Waals surface area contributed by atoms with E-state index >= 15 is 0 Å². The molecule has 3 rings (SSSR count). The Kier molecular flexibility index (Phi) is 3.76. The van der Waals surface area contributed by atoms with E-state index in [0.29, 0.717) is 12.1 Å². The zero-order chi connectivity index (χ0) is 14.9. The van der Waals surface area contributed by atoms with Gasteiger partial charge in [0.2, 0.25) is 0 Å². The number of pyridine rings is 1. The number of thioether (sulfide) groups is 1. The fraction of sp³-hybridized carbons (Fsp3) is 0.375. The van der Waals surface area contributed by atoms with Gasteiger partial charge in [-0.15, -0.1) is 11.8 Å². The highest BCUT2D eigenvalue weighted by Gasteiger charge is 2.44. The molecule has 0 bridgehead atoms. The lowest BCUT2D eigenvalue weighted by Crippen LogP contribution is -2.13. The minimum Gasteiger partial charge on any atom is -0.469 e. The van der Waals surface area contributed by atoms with Crippen molar-refractivity contribution >= 4 is 34.3 Å². The van der Waals surface area contributed by atoms with E-state index in [4.69, 9.17) is 10.5 Å². The molecule has 1 aliphatic carbocycles. The van der Waals surface area contributed by atoms with Gasteiger partial charge in [-0.1, -0.05) is 12.1 Å². The van der Waals surface area contributed by atoms with E-state index in [-0.39, 0.29) is 11.4 Å². The Morgan fingerprint density at radius 1 is 1.43 bits per heavy atom. The molecule has 1 fully saturated rings. The van der Waals surface area contributed by atoms with Crippen molar-refractivity contribution in [1.29, 1.82) is 0 Å². The molecule has 2 N–H and O–H groups in total. The van der Waals surface area contributed by atoms with Crippen LogP contribution in [0.2, 0.25) is 0 Å². The summed E-state index contributed by atoms with van der Waals surface area (Å²) in [6, 6.07) is 7.87. The van der Waals surface area contributed by atoms with Crippen LogP contribution in [0.5, 0.6) is 0 Å². The van der Waals surface area contributed by atoms with Crippen molar-refractivity contribution in [3.05, 3.63) is 30.5 Å². The molecule has 0 atom stereocenters. The average molecular weight is 302 g/mol. The first kappa shape index (κ1) is 14.2. The Bertz CT molecular complexity index is 683.